The summed E-state index contributed by atoms with van der Waals surface area (Å²) < 4.78 is 0. The summed E-state index contributed by atoms with van der Waals surface area (Å²) in [6.45, 7) is 0.666. The minimum atomic E-state index is -0.822. The van der Waals surface area contributed by atoms with Crippen LogP contribution in [0.5, 0.6) is 0 Å². The molecule has 6 nitrogen and oxygen atoms in total. The van der Waals surface area contributed by atoms with Gasteiger partial charge in [0, 0.05) is 31.4 Å². The van der Waals surface area contributed by atoms with Crippen LogP contribution in [0, 0.1) is 0 Å². The van der Waals surface area contributed by atoms with Crippen molar-refractivity contribution in [2.75, 3.05) is 6.54 Å². The first kappa shape index (κ1) is 13.5. The summed E-state index contributed by atoms with van der Waals surface area (Å²) in [4.78, 5) is 32.6. The number of carboxylic acids is 1. The normalized spacial score (nSPS) is 19.2. The van der Waals surface area contributed by atoms with E-state index < -0.39 is 5.97 Å². The van der Waals surface area contributed by atoms with Gasteiger partial charge in [0.15, 0.2) is 0 Å². The monoisotopic (exact) mass is 263 g/mol. The van der Waals surface area contributed by atoms with Gasteiger partial charge in [-0.2, -0.15) is 0 Å². The van der Waals surface area contributed by atoms with Crippen LogP contribution < -0.4 is 0 Å². The van der Waals surface area contributed by atoms with Crippen LogP contribution in [0.1, 0.15) is 42.6 Å². The molecule has 0 aromatic carbocycles. The molecule has 0 spiro atoms. The lowest BCUT2D eigenvalue weighted by atomic mass is 9.97. The number of aromatic nitrogens is 2. The van der Waals surface area contributed by atoms with Crippen molar-refractivity contribution in [3.05, 3.63) is 24.3 Å². The Hall–Kier alpha value is -1.98. The minimum absolute atomic E-state index is 0.000596. The number of piperidine rings is 1. The number of carboxylic acid groups (broad SMARTS) is 1. The fourth-order valence-corrected chi connectivity index (χ4v) is 2.41. The van der Waals surface area contributed by atoms with Crippen molar-refractivity contribution in [2.45, 2.75) is 38.1 Å². The molecule has 1 aromatic rings. The molecule has 2 rings (SSSR count). The highest BCUT2D eigenvalue weighted by Gasteiger charge is 2.28. The lowest BCUT2D eigenvalue weighted by Crippen LogP contribution is -2.44. The third-order valence-corrected chi connectivity index (χ3v) is 3.36. The number of carbonyl (C=O) groups excluding carboxylic acids is 1. The molecule has 2 heterocycles. The Bertz CT molecular complexity index is 450. The van der Waals surface area contributed by atoms with Gasteiger partial charge in [0.05, 0.1) is 6.20 Å². The second-order valence-electron chi connectivity index (χ2n) is 4.67. The first-order chi connectivity index (χ1) is 9.18. The van der Waals surface area contributed by atoms with Crippen LogP contribution in [0.4, 0.5) is 0 Å². The second-order valence-corrected chi connectivity index (χ2v) is 4.67. The van der Waals surface area contributed by atoms with E-state index >= 15 is 0 Å². The topological polar surface area (TPSA) is 83.4 Å². The van der Waals surface area contributed by atoms with Gasteiger partial charge in [-0.05, 0) is 25.7 Å². The van der Waals surface area contributed by atoms with Crippen molar-refractivity contribution in [3.63, 3.8) is 0 Å². The summed E-state index contributed by atoms with van der Waals surface area (Å²) in [5, 5.41) is 8.76. The quantitative estimate of drug-likeness (QED) is 0.886. The van der Waals surface area contributed by atoms with Gasteiger partial charge < -0.3 is 10.0 Å². The third kappa shape index (κ3) is 3.49. The first-order valence-corrected chi connectivity index (χ1v) is 6.47. The number of carbonyl (C=O) groups is 2. The maximum Gasteiger partial charge on any atom is 0.303 e. The number of rotatable bonds is 4. The van der Waals surface area contributed by atoms with E-state index in [-0.39, 0.29) is 18.4 Å². The molecule has 19 heavy (non-hydrogen) atoms. The zero-order valence-corrected chi connectivity index (χ0v) is 10.7. The summed E-state index contributed by atoms with van der Waals surface area (Å²) in [5.74, 6) is -0.972. The molecule has 0 unspecified atom stereocenters. The average molecular weight is 263 g/mol. The van der Waals surface area contributed by atoms with Gasteiger partial charge in [-0.15, -0.1) is 0 Å². The fourth-order valence-electron chi connectivity index (χ4n) is 2.41. The van der Waals surface area contributed by atoms with Crippen molar-refractivity contribution < 1.29 is 14.7 Å². The van der Waals surface area contributed by atoms with E-state index in [1.165, 1.54) is 18.6 Å². The van der Waals surface area contributed by atoms with E-state index in [2.05, 4.69) is 9.97 Å². The van der Waals surface area contributed by atoms with Crippen molar-refractivity contribution in [1.29, 1.82) is 0 Å². The zero-order valence-electron chi connectivity index (χ0n) is 10.7. The second kappa shape index (κ2) is 6.26. The predicted molar refractivity (Wildman–Crippen MR) is 67.6 cm³/mol. The van der Waals surface area contributed by atoms with Gasteiger partial charge in [-0.1, -0.05) is 0 Å². The Morgan fingerprint density at radius 3 is 2.89 bits per heavy atom. The fraction of sp³-hybridized carbons (Fsp3) is 0.538. The van der Waals surface area contributed by atoms with E-state index in [9.17, 15) is 9.59 Å². The van der Waals surface area contributed by atoms with E-state index in [0.29, 0.717) is 18.7 Å². The maximum absolute atomic E-state index is 12.3. The molecular formula is C13H17N3O3. The number of nitrogens with zero attached hydrogens (tertiary/aromatic N) is 3. The van der Waals surface area contributed by atoms with Crippen LogP contribution >= 0.6 is 0 Å². The SMILES string of the molecule is O=C(O)CC[C@@H]1CCCCN1C(=O)c1cnccn1. The number of amides is 1. The van der Waals surface area contributed by atoms with Gasteiger partial charge in [-0.3, -0.25) is 14.6 Å². The van der Waals surface area contributed by atoms with E-state index in [1.807, 2.05) is 0 Å². The summed E-state index contributed by atoms with van der Waals surface area (Å²) >= 11 is 0. The summed E-state index contributed by atoms with van der Waals surface area (Å²) in [6.07, 6.45) is 7.91. The Kier molecular flexibility index (Phi) is 4.43. The predicted octanol–water partition coefficient (Wildman–Crippen LogP) is 1.34. The average Bonchev–Trinajstić information content (AvgIpc) is 2.45. The van der Waals surface area contributed by atoms with Crippen LogP contribution in [0.2, 0.25) is 0 Å². The lowest BCUT2D eigenvalue weighted by Gasteiger charge is -2.35. The van der Waals surface area contributed by atoms with Crippen LogP contribution in [0.15, 0.2) is 18.6 Å². The Morgan fingerprint density at radius 1 is 1.37 bits per heavy atom. The number of aliphatic carboxylic acids is 1. The van der Waals surface area contributed by atoms with E-state index in [1.54, 1.807) is 4.90 Å². The van der Waals surface area contributed by atoms with Crippen molar-refractivity contribution >= 4 is 11.9 Å². The molecule has 1 amide bonds. The van der Waals surface area contributed by atoms with E-state index in [4.69, 9.17) is 5.11 Å². The molecule has 102 valence electrons. The summed E-state index contributed by atoms with van der Waals surface area (Å²) in [5.41, 5.74) is 0.324. The molecule has 1 aliphatic rings. The van der Waals surface area contributed by atoms with Crippen LogP contribution in [-0.4, -0.2) is 44.4 Å². The molecule has 0 radical (unpaired) electrons. The molecule has 1 aromatic heterocycles. The van der Waals surface area contributed by atoms with Gasteiger partial charge in [0.1, 0.15) is 5.69 Å². The molecule has 0 saturated carbocycles. The van der Waals surface area contributed by atoms with Gasteiger partial charge >= 0.3 is 5.97 Å². The molecule has 1 aliphatic heterocycles. The molecular weight excluding hydrogens is 246 g/mol. The highest BCUT2D eigenvalue weighted by molar-refractivity contribution is 5.92. The molecule has 1 N–H and O–H groups in total. The number of likely N-dealkylation sites (tertiary alicyclic amines) is 1. The Balaban J connectivity index is 2.06. The first-order valence-electron chi connectivity index (χ1n) is 6.47. The lowest BCUT2D eigenvalue weighted by molar-refractivity contribution is -0.137. The molecule has 1 fully saturated rings. The van der Waals surface area contributed by atoms with E-state index in [0.717, 1.165) is 19.3 Å². The number of hydrogen-bond donors (Lipinski definition) is 1. The third-order valence-electron chi connectivity index (χ3n) is 3.36. The molecule has 1 saturated heterocycles. The summed E-state index contributed by atoms with van der Waals surface area (Å²) in [7, 11) is 0. The van der Waals surface area contributed by atoms with Crippen molar-refractivity contribution in [2.24, 2.45) is 0 Å². The maximum atomic E-state index is 12.3. The zero-order chi connectivity index (χ0) is 13.7. The highest BCUT2D eigenvalue weighted by Crippen LogP contribution is 2.22. The van der Waals surface area contributed by atoms with Gasteiger partial charge in [0.25, 0.3) is 5.91 Å². The smallest absolute Gasteiger partial charge is 0.303 e. The van der Waals surface area contributed by atoms with Gasteiger partial charge in [0.2, 0.25) is 0 Å². The van der Waals surface area contributed by atoms with Gasteiger partial charge in [-0.25, -0.2) is 4.98 Å². The molecule has 6 heteroatoms. The highest BCUT2D eigenvalue weighted by atomic mass is 16.4. The number of hydrogen-bond acceptors (Lipinski definition) is 4. The van der Waals surface area contributed by atoms with Crippen LogP contribution in [-0.2, 0) is 4.79 Å². The summed E-state index contributed by atoms with van der Waals surface area (Å²) in [6, 6.07) is -0.000596. The standard InChI is InChI=1S/C13H17N3O3/c17-12(18)5-4-10-3-1-2-8-16(10)13(19)11-9-14-6-7-15-11/h6-7,9-10H,1-5,8H2,(H,17,18)/t10-/m0/s1. The van der Waals surface area contributed by atoms with Crippen molar-refractivity contribution in [1.82, 2.24) is 14.9 Å². The molecule has 1 atom stereocenters. The van der Waals surface area contributed by atoms with Crippen molar-refractivity contribution in [3.8, 4) is 0 Å². The Labute approximate surface area is 111 Å². The largest absolute Gasteiger partial charge is 0.481 e. The molecule has 0 bridgehead atoms. The van der Waals surface area contributed by atoms with Crippen LogP contribution in [0.3, 0.4) is 0 Å². The molecule has 0 aliphatic carbocycles. The minimum Gasteiger partial charge on any atom is -0.481 e. The Morgan fingerprint density at radius 2 is 2.21 bits per heavy atom. The van der Waals surface area contributed by atoms with Crippen LogP contribution in [0.25, 0.3) is 0 Å².